The molecule has 0 saturated heterocycles. The van der Waals surface area contributed by atoms with Crippen LogP contribution in [0.1, 0.15) is 26.7 Å². The summed E-state index contributed by atoms with van der Waals surface area (Å²) in [4.78, 5) is 11.5. The first-order valence-electron chi connectivity index (χ1n) is 6.22. The molecular weight excluding hydrogens is 295 g/mol. The van der Waals surface area contributed by atoms with Crippen LogP contribution in [-0.2, 0) is 9.53 Å². The molecule has 4 heteroatoms. The summed E-state index contributed by atoms with van der Waals surface area (Å²) in [6.45, 7) is 4.19. The molecule has 1 unspecified atom stereocenters. The zero-order valence-corrected chi connectivity index (χ0v) is 12.5. The van der Waals surface area contributed by atoms with Gasteiger partial charge in [0.05, 0.1) is 0 Å². The Morgan fingerprint density at radius 2 is 2.00 bits per heavy atom. The van der Waals surface area contributed by atoms with E-state index in [2.05, 4.69) is 12.1 Å². The van der Waals surface area contributed by atoms with Gasteiger partial charge in [-0.15, -0.1) is 0 Å². The SMILES string of the molecule is CCOC(=O)CC(O)[C@H](CC)[Se]c1ccccc1. The van der Waals surface area contributed by atoms with Crippen LogP contribution in [0, 0.1) is 0 Å². The van der Waals surface area contributed by atoms with Crippen molar-refractivity contribution in [1.82, 2.24) is 0 Å². The van der Waals surface area contributed by atoms with Gasteiger partial charge in [0.1, 0.15) is 0 Å². The summed E-state index contributed by atoms with van der Waals surface area (Å²) in [6.07, 6.45) is 0.366. The molecule has 0 aromatic heterocycles. The molecule has 0 aliphatic rings. The number of ether oxygens (including phenoxy) is 1. The third-order valence-corrected chi connectivity index (χ3v) is 5.68. The van der Waals surface area contributed by atoms with Crippen molar-refractivity contribution in [3.05, 3.63) is 30.3 Å². The van der Waals surface area contributed by atoms with E-state index in [-0.39, 0.29) is 32.2 Å². The zero-order chi connectivity index (χ0) is 13.4. The van der Waals surface area contributed by atoms with Gasteiger partial charge >= 0.3 is 115 Å². The van der Waals surface area contributed by atoms with Crippen LogP contribution in [0.15, 0.2) is 30.3 Å². The molecule has 3 nitrogen and oxygen atoms in total. The van der Waals surface area contributed by atoms with Crippen molar-refractivity contribution in [1.29, 1.82) is 0 Å². The monoisotopic (exact) mass is 316 g/mol. The van der Waals surface area contributed by atoms with E-state index in [9.17, 15) is 9.90 Å². The van der Waals surface area contributed by atoms with E-state index < -0.39 is 6.10 Å². The van der Waals surface area contributed by atoms with Crippen LogP contribution >= 0.6 is 0 Å². The van der Waals surface area contributed by atoms with Gasteiger partial charge < -0.3 is 0 Å². The Kier molecular flexibility index (Phi) is 7.02. The fourth-order valence-electron chi connectivity index (χ4n) is 1.63. The minimum absolute atomic E-state index is 0.0981. The first kappa shape index (κ1) is 15.2. The Morgan fingerprint density at radius 3 is 2.56 bits per heavy atom. The maximum atomic E-state index is 11.4. The van der Waals surface area contributed by atoms with E-state index in [0.717, 1.165) is 6.42 Å². The van der Waals surface area contributed by atoms with E-state index in [0.29, 0.717) is 6.61 Å². The summed E-state index contributed by atoms with van der Waals surface area (Å²) in [5.41, 5.74) is 0. The summed E-state index contributed by atoms with van der Waals surface area (Å²) in [5.74, 6) is -0.313. The average molecular weight is 315 g/mol. The minimum atomic E-state index is -0.603. The van der Waals surface area contributed by atoms with Crippen LogP contribution < -0.4 is 4.46 Å². The summed E-state index contributed by atoms with van der Waals surface area (Å²) in [7, 11) is 0. The van der Waals surface area contributed by atoms with Crippen molar-refractivity contribution < 1.29 is 14.6 Å². The maximum absolute atomic E-state index is 11.4. The molecule has 100 valence electrons. The molecule has 0 spiro atoms. The summed E-state index contributed by atoms with van der Waals surface area (Å²) < 4.78 is 6.12. The normalized spacial score (nSPS) is 13.9. The molecule has 0 heterocycles. The Balaban J connectivity index is 2.52. The second-order valence-electron chi connectivity index (χ2n) is 3.95. The number of aliphatic hydroxyl groups is 1. The molecule has 0 aliphatic carbocycles. The molecule has 0 bridgehead atoms. The Morgan fingerprint density at radius 1 is 1.33 bits per heavy atom. The molecule has 0 saturated carbocycles. The molecule has 0 fully saturated rings. The van der Waals surface area contributed by atoms with Crippen LogP contribution in [0.2, 0.25) is 4.82 Å². The zero-order valence-electron chi connectivity index (χ0n) is 10.8. The van der Waals surface area contributed by atoms with E-state index in [1.807, 2.05) is 25.1 Å². The van der Waals surface area contributed by atoms with Crippen LogP contribution in [0.5, 0.6) is 0 Å². The van der Waals surface area contributed by atoms with Gasteiger partial charge in [0.15, 0.2) is 0 Å². The van der Waals surface area contributed by atoms with Crippen LogP contribution in [-0.4, -0.2) is 38.7 Å². The van der Waals surface area contributed by atoms with Crippen molar-refractivity contribution in [2.24, 2.45) is 0 Å². The van der Waals surface area contributed by atoms with Gasteiger partial charge in [0, 0.05) is 0 Å². The van der Waals surface area contributed by atoms with Gasteiger partial charge in [-0.25, -0.2) is 0 Å². The Hall–Kier alpha value is -0.831. The number of rotatable bonds is 7. The number of benzene rings is 1. The third kappa shape index (κ3) is 5.21. The summed E-state index contributed by atoms with van der Waals surface area (Å²) >= 11 is 0.182. The standard InChI is InChI=1S/C14H20O3Se/c1-3-13(12(15)10-14(16)17-4-2)18-11-8-6-5-7-9-11/h5-9,12-13,15H,3-4,10H2,1-2H3/t12?,13-/m0/s1. The fourth-order valence-corrected chi connectivity index (χ4v) is 3.90. The van der Waals surface area contributed by atoms with Crippen molar-refractivity contribution in [2.75, 3.05) is 6.61 Å². The topological polar surface area (TPSA) is 46.5 Å². The molecule has 1 N–H and O–H groups in total. The number of hydrogen-bond acceptors (Lipinski definition) is 3. The molecule has 0 radical (unpaired) electrons. The number of carbonyl (C=O) groups is 1. The first-order chi connectivity index (χ1) is 8.67. The molecule has 1 rings (SSSR count). The van der Waals surface area contributed by atoms with Crippen LogP contribution in [0.25, 0.3) is 0 Å². The van der Waals surface area contributed by atoms with E-state index in [1.54, 1.807) is 6.92 Å². The van der Waals surface area contributed by atoms with Gasteiger partial charge in [-0.3, -0.25) is 0 Å². The van der Waals surface area contributed by atoms with Gasteiger partial charge in [-0.2, -0.15) is 0 Å². The third-order valence-electron chi connectivity index (χ3n) is 2.54. The van der Waals surface area contributed by atoms with Gasteiger partial charge in [0.2, 0.25) is 0 Å². The molecule has 2 atom stereocenters. The van der Waals surface area contributed by atoms with Crippen molar-refractivity contribution in [2.45, 2.75) is 37.6 Å². The molecule has 1 aromatic carbocycles. The van der Waals surface area contributed by atoms with E-state index in [1.165, 1.54) is 4.46 Å². The second kappa shape index (κ2) is 8.30. The fraction of sp³-hybridized carbons (Fsp3) is 0.500. The van der Waals surface area contributed by atoms with Crippen LogP contribution in [0.3, 0.4) is 0 Å². The predicted octanol–water partition coefficient (Wildman–Crippen LogP) is 1.53. The quantitative estimate of drug-likeness (QED) is 0.613. The molecule has 18 heavy (non-hydrogen) atoms. The summed E-state index contributed by atoms with van der Waals surface area (Å²) in [6, 6.07) is 10.1. The Bertz CT molecular complexity index is 353. The number of hydrogen-bond donors (Lipinski definition) is 1. The van der Waals surface area contributed by atoms with Crippen molar-refractivity contribution in [3.8, 4) is 0 Å². The molecule has 0 amide bonds. The van der Waals surface area contributed by atoms with Gasteiger partial charge in [0.25, 0.3) is 0 Å². The second-order valence-corrected chi connectivity index (χ2v) is 6.71. The van der Waals surface area contributed by atoms with Crippen LogP contribution in [0.4, 0.5) is 0 Å². The van der Waals surface area contributed by atoms with E-state index >= 15 is 0 Å². The average Bonchev–Trinajstić information content (AvgIpc) is 2.37. The predicted molar refractivity (Wildman–Crippen MR) is 73.1 cm³/mol. The van der Waals surface area contributed by atoms with Gasteiger partial charge in [-0.05, 0) is 0 Å². The number of carbonyl (C=O) groups excluding carboxylic acids is 1. The van der Waals surface area contributed by atoms with Crippen molar-refractivity contribution in [3.63, 3.8) is 0 Å². The molecule has 1 aromatic rings. The van der Waals surface area contributed by atoms with Crippen molar-refractivity contribution >= 4 is 25.4 Å². The first-order valence-corrected chi connectivity index (χ1v) is 8.07. The molecule has 0 aliphatic heterocycles. The molecular formula is C14H20O3Se. The summed E-state index contributed by atoms with van der Waals surface area (Å²) in [5, 5.41) is 10.1. The Labute approximate surface area is 115 Å². The number of esters is 1. The van der Waals surface area contributed by atoms with Gasteiger partial charge in [-0.1, -0.05) is 0 Å². The number of aliphatic hydroxyl groups excluding tert-OH is 1. The van der Waals surface area contributed by atoms with E-state index in [4.69, 9.17) is 4.74 Å².